The van der Waals surface area contributed by atoms with Crippen molar-refractivity contribution < 1.29 is 5.48 Å². The molecular formula is C131H111N3S2. The van der Waals surface area contributed by atoms with Crippen LogP contribution in [0.1, 0.15) is 116 Å². The molecule has 0 bridgehead atoms. The van der Waals surface area contributed by atoms with E-state index >= 15 is 0 Å². The molecule has 19 aromatic carbocycles. The molecule has 0 unspecified atom stereocenters. The van der Waals surface area contributed by atoms with Gasteiger partial charge in [0, 0.05) is 89.7 Å². The summed E-state index contributed by atoms with van der Waals surface area (Å²) in [5, 5.41) is 13.2. The number of aromatic nitrogens is 3. The summed E-state index contributed by atoms with van der Waals surface area (Å²) in [6.45, 7) is 29.3. The highest BCUT2D eigenvalue weighted by molar-refractivity contribution is 7.28. The van der Waals surface area contributed by atoms with Gasteiger partial charge in [-0.3, -0.25) is 0 Å². The first-order valence-electron chi connectivity index (χ1n) is 49.4. The monoisotopic (exact) mass is 1790 g/mol. The zero-order chi connectivity index (χ0) is 96.8. The van der Waals surface area contributed by atoms with Crippen molar-refractivity contribution in [1.82, 2.24) is 13.7 Å². The molecule has 136 heavy (non-hydrogen) atoms. The van der Waals surface area contributed by atoms with Crippen molar-refractivity contribution in [2.45, 2.75) is 112 Å². The molecule has 24 rings (SSSR count). The Labute approximate surface area is 812 Å². The SMILES string of the molecule is CC(C)(C)c1c(-c2ccccc2)ccc2c1c1c(-c3ccccc3)cccc1n2-c1ccccc1.CC(C)(C)c1c2c(cc3sc4cccc(-c5ccccc5)c4c13)sc1cccc(-c3ccccc3)c12.CC(C)(C)c1cccc2c1c1c(-c3ccccc3)cccc1n2-c1ccccc1.[2H]c1c([2H])c(C)c([2H])c(-c2ccc3c(c2C(C)(C)C)c2c(-c4ccccc4)cccc2n3-c2ccccc2)c1[2H]. The number of hydrogen-bond acceptors (Lipinski definition) is 2. The lowest BCUT2D eigenvalue weighted by Gasteiger charge is -2.25. The Morgan fingerprint density at radius 2 is 0.478 bits per heavy atom. The van der Waals surface area contributed by atoms with E-state index in [-0.39, 0.29) is 45.8 Å². The number of para-hydroxylation sites is 3. The van der Waals surface area contributed by atoms with Gasteiger partial charge in [0.05, 0.1) is 38.6 Å². The maximum Gasteiger partial charge on any atom is 0.0632 e. The predicted molar refractivity (Wildman–Crippen MR) is 592 cm³/mol. The lowest BCUT2D eigenvalue weighted by molar-refractivity contribution is 0.596. The van der Waals surface area contributed by atoms with Gasteiger partial charge in [-0.05, 0) is 220 Å². The largest absolute Gasteiger partial charge is 0.309 e. The van der Waals surface area contributed by atoms with Gasteiger partial charge in [0.1, 0.15) is 0 Å². The van der Waals surface area contributed by atoms with E-state index in [0.29, 0.717) is 11.1 Å². The normalized spacial score (nSPS) is 12.4. The van der Waals surface area contributed by atoms with Crippen LogP contribution < -0.4 is 0 Å². The van der Waals surface area contributed by atoms with E-state index in [1.807, 2.05) is 53.0 Å². The fraction of sp³-hybridized carbons (Fsp3) is 0.130. The third kappa shape index (κ3) is 16.1. The Balaban J connectivity index is 0.000000111. The molecule has 0 atom stereocenters. The molecule has 0 N–H and O–H groups in total. The number of benzene rings is 19. The fourth-order valence-corrected chi connectivity index (χ4v) is 23.6. The van der Waals surface area contributed by atoms with E-state index in [1.165, 1.54) is 168 Å². The smallest absolute Gasteiger partial charge is 0.0632 e. The van der Waals surface area contributed by atoms with Crippen LogP contribution in [0.2, 0.25) is 0 Å². The standard InChI is InChI=1S/C35H31N.C34H29N.C34H26S2.C28H25N/c1-24-13-11-16-26(23-24)29-21-22-31-33(34(29)35(2,3)4)32-28(25-14-7-5-8-15-25)19-12-20-30(32)36(31)27-17-9-6-10-18-27;1-34(2,3)33-28(25-16-9-5-10-17-25)22-23-30-32(33)31-27(24-14-7-4-8-15-24)20-13-21-29(31)35(30)26-18-11-6-12-19-26;1-34(2,3)33-31-27(35-25-18-10-16-23(29(25)31)21-12-6-4-7-13-21)20-28-32(33)30-24(17-11-19-26(30)36-28)22-14-8-5-9-15-22;1-28(2,3)23-17-11-19-25-27(23)26-22(20-12-6-4-7-13-20)16-10-18-24(26)29(25)21-14-8-5-9-15-21/h5-23H,1-4H3;4-23H,1-3H3;4-20H,1-3H3;4-19H,1-3H3/i11D,13D,16D,23D;;;. The topological polar surface area (TPSA) is 14.8 Å². The Kier molecular flexibility index (Phi) is 21.8. The molecule has 0 saturated carbocycles. The van der Waals surface area contributed by atoms with Gasteiger partial charge in [0.25, 0.3) is 0 Å². The van der Waals surface area contributed by atoms with Gasteiger partial charge in [0.15, 0.2) is 0 Å². The fourth-order valence-electron chi connectivity index (χ4n) is 21.1. The molecule has 0 saturated heterocycles. The minimum Gasteiger partial charge on any atom is -0.309 e. The first-order chi connectivity index (χ1) is 67.7. The lowest BCUT2D eigenvalue weighted by Crippen LogP contribution is -2.13. The molecule has 5 heteroatoms. The minimum atomic E-state index is -0.358. The highest BCUT2D eigenvalue weighted by atomic mass is 32.1. The lowest BCUT2D eigenvalue weighted by atomic mass is 9.78. The summed E-state index contributed by atoms with van der Waals surface area (Å²) in [5.74, 6) is 0. The minimum absolute atomic E-state index is 0.0205. The van der Waals surface area contributed by atoms with Crippen molar-refractivity contribution in [1.29, 1.82) is 0 Å². The summed E-state index contributed by atoms with van der Waals surface area (Å²) in [7, 11) is 0. The quantitative estimate of drug-likeness (QED) is 0.130. The second-order valence-electron chi connectivity index (χ2n) is 39.8. The van der Waals surface area contributed by atoms with Crippen molar-refractivity contribution in [3.05, 3.63) is 464 Å². The Hall–Kier alpha value is -15.0. The van der Waals surface area contributed by atoms with Gasteiger partial charge < -0.3 is 13.7 Å². The summed E-state index contributed by atoms with van der Waals surface area (Å²) in [6, 6.07) is 147. The second kappa shape index (κ2) is 35.8. The molecular weight excluding hydrogens is 1680 g/mol. The second-order valence-corrected chi connectivity index (χ2v) is 42.0. The summed E-state index contributed by atoms with van der Waals surface area (Å²) in [6.07, 6.45) is 0. The van der Waals surface area contributed by atoms with E-state index in [9.17, 15) is 0 Å². The summed E-state index contributed by atoms with van der Waals surface area (Å²) in [5.41, 5.74) is 32.2. The van der Waals surface area contributed by atoms with Gasteiger partial charge in [-0.25, -0.2) is 0 Å². The van der Waals surface area contributed by atoms with Crippen molar-refractivity contribution in [3.63, 3.8) is 0 Å². The molecule has 0 aliphatic carbocycles. The van der Waals surface area contributed by atoms with Crippen molar-refractivity contribution in [3.8, 4) is 95.0 Å². The highest BCUT2D eigenvalue weighted by Crippen LogP contribution is 2.55. The Morgan fingerprint density at radius 1 is 0.206 bits per heavy atom. The zero-order valence-corrected chi connectivity index (χ0v) is 81.1. The third-order valence-corrected chi connectivity index (χ3v) is 28.8. The average Bonchev–Trinajstić information content (AvgIpc) is 1.55. The molecule has 0 fully saturated rings. The van der Waals surface area contributed by atoms with Crippen LogP contribution in [0, 0.1) is 6.92 Å². The summed E-state index contributed by atoms with van der Waals surface area (Å²) < 4.78 is 47.3. The molecule has 662 valence electrons. The molecule has 0 aliphatic rings. The highest BCUT2D eigenvalue weighted by Gasteiger charge is 2.33. The number of thiophene rings is 2. The molecule has 0 amide bonds. The van der Waals surface area contributed by atoms with E-state index < -0.39 is 0 Å². The van der Waals surface area contributed by atoms with Gasteiger partial charge >= 0.3 is 0 Å². The van der Waals surface area contributed by atoms with Crippen LogP contribution in [0.5, 0.6) is 0 Å². The van der Waals surface area contributed by atoms with E-state index in [4.69, 9.17) is 5.48 Å². The van der Waals surface area contributed by atoms with E-state index in [1.54, 1.807) is 6.92 Å². The van der Waals surface area contributed by atoms with E-state index in [2.05, 4.69) is 479 Å². The number of nitrogens with zero attached hydrogens (tertiary/aromatic N) is 3. The van der Waals surface area contributed by atoms with Crippen LogP contribution >= 0.6 is 22.7 Å². The van der Waals surface area contributed by atoms with Crippen LogP contribution in [0.3, 0.4) is 0 Å². The van der Waals surface area contributed by atoms with Crippen molar-refractivity contribution in [2.75, 3.05) is 0 Å². The van der Waals surface area contributed by atoms with Gasteiger partial charge in [-0.1, -0.05) is 434 Å². The first-order valence-corrected chi connectivity index (χ1v) is 49.0. The molecule has 5 aromatic heterocycles. The van der Waals surface area contributed by atoms with Crippen LogP contribution in [0.15, 0.2) is 437 Å². The van der Waals surface area contributed by atoms with Gasteiger partial charge in [0.2, 0.25) is 0 Å². The van der Waals surface area contributed by atoms with Crippen molar-refractivity contribution >= 4 is 128 Å². The molecule has 0 radical (unpaired) electrons. The third-order valence-electron chi connectivity index (χ3n) is 26.6. The first kappa shape index (κ1) is 82.9. The molecule has 0 spiro atoms. The molecule has 0 aliphatic heterocycles. The van der Waals surface area contributed by atoms with Crippen LogP contribution in [-0.4, -0.2) is 13.7 Å². The zero-order valence-electron chi connectivity index (χ0n) is 83.4. The summed E-state index contributed by atoms with van der Waals surface area (Å²) >= 11 is 3.87. The van der Waals surface area contributed by atoms with Crippen molar-refractivity contribution in [2.24, 2.45) is 0 Å². The van der Waals surface area contributed by atoms with Crippen LogP contribution in [-0.2, 0) is 21.7 Å². The molecule has 24 aromatic rings. The molecule has 5 heterocycles. The Morgan fingerprint density at radius 3 is 0.801 bits per heavy atom. The maximum atomic E-state index is 8.97. The predicted octanol–water partition coefficient (Wildman–Crippen LogP) is 37.9. The van der Waals surface area contributed by atoms with Gasteiger partial charge in [-0.2, -0.15) is 0 Å². The number of hydrogen-bond donors (Lipinski definition) is 0. The number of rotatable bonds is 10. The molecule has 3 nitrogen and oxygen atoms in total. The van der Waals surface area contributed by atoms with Crippen LogP contribution in [0.4, 0.5) is 0 Å². The summed E-state index contributed by atoms with van der Waals surface area (Å²) in [4.78, 5) is 0. The van der Waals surface area contributed by atoms with Crippen LogP contribution in [0.25, 0.3) is 201 Å². The Bertz CT molecular complexity index is 8660. The average molecular weight is 1800 g/mol. The van der Waals surface area contributed by atoms with E-state index in [0.717, 1.165) is 49.7 Å². The maximum absolute atomic E-state index is 8.97. The van der Waals surface area contributed by atoms with Gasteiger partial charge in [-0.15, -0.1) is 22.7 Å². The number of fused-ring (bicyclic) bond motifs is 15.